The minimum absolute atomic E-state index is 0.361. The zero-order valence-corrected chi connectivity index (χ0v) is 16.9. The summed E-state index contributed by atoms with van der Waals surface area (Å²) >= 11 is 1.74. The van der Waals surface area contributed by atoms with E-state index >= 15 is 0 Å². The third-order valence-electron chi connectivity index (χ3n) is 4.87. The summed E-state index contributed by atoms with van der Waals surface area (Å²) in [6.07, 6.45) is 3.76. The molecule has 0 unspecified atom stereocenters. The molecular formula is C20H26N2O2S2. The van der Waals surface area contributed by atoms with Crippen molar-refractivity contribution in [1.29, 1.82) is 0 Å². The number of piperidine rings is 1. The van der Waals surface area contributed by atoms with Crippen molar-refractivity contribution in [3.05, 3.63) is 59.7 Å². The van der Waals surface area contributed by atoms with Crippen LogP contribution in [0.2, 0.25) is 0 Å². The van der Waals surface area contributed by atoms with Gasteiger partial charge in [-0.25, -0.2) is 8.42 Å². The third kappa shape index (κ3) is 4.68. The van der Waals surface area contributed by atoms with Crippen LogP contribution in [0.25, 0.3) is 0 Å². The number of aryl methyl sites for hydroxylation is 1. The van der Waals surface area contributed by atoms with E-state index in [9.17, 15) is 8.42 Å². The molecule has 26 heavy (non-hydrogen) atoms. The summed E-state index contributed by atoms with van der Waals surface area (Å²) in [5.41, 5.74) is 2.33. The normalized spacial score (nSPS) is 16.7. The molecule has 0 amide bonds. The van der Waals surface area contributed by atoms with Gasteiger partial charge >= 0.3 is 0 Å². The quantitative estimate of drug-likeness (QED) is 0.765. The van der Waals surface area contributed by atoms with Crippen molar-refractivity contribution in [3.8, 4) is 0 Å². The number of rotatable bonds is 6. The van der Waals surface area contributed by atoms with Gasteiger partial charge < -0.3 is 5.32 Å². The van der Waals surface area contributed by atoms with E-state index in [2.05, 4.69) is 35.8 Å². The van der Waals surface area contributed by atoms with Crippen molar-refractivity contribution < 1.29 is 8.42 Å². The molecule has 0 bridgehead atoms. The fourth-order valence-electron chi connectivity index (χ4n) is 3.17. The van der Waals surface area contributed by atoms with E-state index in [-0.39, 0.29) is 0 Å². The maximum absolute atomic E-state index is 12.7. The summed E-state index contributed by atoms with van der Waals surface area (Å²) in [5, 5.41) is 3.57. The van der Waals surface area contributed by atoms with E-state index in [0.29, 0.717) is 24.0 Å². The Morgan fingerprint density at radius 3 is 2.23 bits per heavy atom. The van der Waals surface area contributed by atoms with Crippen LogP contribution >= 0.6 is 11.8 Å². The van der Waals surface area contributed by atoms with E-state index in [1.807, 2.05) is 19.1 Å². The van der Waals surface area contributed by atoms with E-state index in [1.165, 1.54) is 10.5 Å². The van der Waals surface area contributed by atoms with E-state index in [0.717, 1.165) is 24.9 Å². The predicted molar refractivity (Wildman–Crippen MR) is 108 cm³/mol. The zero-order chi connectivity index (χ0) is 18.6. The molecule has 0 aliphatic carbocycles. The lowest BCUT2D eigenvalue weighted by molar-refractivity contribution is 0.288. The number of sulfonamides is 1. The lowest BCUT2D eigenvalue weighted by Crippen LogP contribution is -2.44. The fraction of sp³-hybridized carbons (Fsp3) is 0.400. The number of hydrogen-bond donors (Lipinski definition) is 1. The Bertz CT molecular complexity index is 810. The summed E-state index contributed by atoms with van der Waals surface area (Å²) < 4.78 is 27.1. The molecule has 0 radical (unpaired) electrons. The molecule has 1 aliphatic heterocycles. The highest BCUT2D eigenvalue weighted by atomic mass is 32.2. The zero-order valence-electron chi connectivity index (χ0n) is 15.3. The predicted octanol–water partition coefficient (Wildman–Crippen LogP) is 3.66. The van der Waals surface area contributed by atoms with Crippen molar-refractivity contribution >= 4 is 21.8 Å². The lowest BCUT2D eigenvalue weighted by atomic mass is 10.1. The van der Waals surface area contributed by atoms with Crippen LogP contribution in [0.1, 0.15) is 24.0 Å². The Balaban J connectivity index is 1.52. The van der Waals surface area contributed by atoms with Crippen molar-refractivity contribution in [3.63, 3.8) is 0 Å². The average Bonchev–Trinajstić information content (AvgIpc) is 2.67. The molecule has 2 aromatic rings. The molecule has 0 spiro atoms. The lowest BCUT2D eigenvalue weighted by Gasteiger charge is -2.31. The number of nitrogens with zero attached hydrogens (tertiary/aromatic N) is 1. The molecule has 1 heterocycles. The topological polar surface area (TPSA) is 49.4 Å². The fourth-order valence-corrected chi connectivity index (χ4v) is 5.04. The smallest absolute Gasteiger partial charge is 0.243 e. The van der Waals surface area contributed by atoms with Gasteiger partial charge in [0.15, 0.2) is 0 Å². The molecule has 0 atom stereocenters. The highest BCUT2D eigenvalue weighted by Crippen LogP contribution is 2.21. The first-order valence-electron chi connectivity index (χ1n) is 8.92. The van der Waals surface area contributed by atoms with Crippen LogP contribution < -0.4 is 5.32 Å². The molecule has 2 aromatic carbocycles. The van der Waals surface area contributed by atoms with Gasteiger partial charge in [-0.05, 0) is 55.9 Å². The van der Waals surface area contributed by atoms with Gasteiger partial charge in [0.05, 0.1) is 4.90 Å². The number of nitrogens with one attached hydrogen (secondary N) is 1. The standard InChI is InChI=1S/C20H26N2O2S2/c1-16-3-9-20(10-4-16)26(23,24)22-13-11-18(12-14-22)21-15-17-5-7-19(25-2)8-6-17/h3-10,18,21H,11-15H2,1-2H3. The van der Waals surface area contributed by atoms with Crippen LogP contribution in [0.5, 0.6) is 0 Å². The average molecular weight is 391 g/mol. The van der Waals surface area contributed by atoms with E-state index in [1.54, 1.807) is 28.2 Å². The van der Waals surface area contributed by atoms with Gasteiger partial charge in [0.2, 0.25) is 10.0 Å². The molecular weight excluding hydrogens is 364 g/mol. The minimum Gasteiger partial charge on any atom is -0.310 e. The second-order valence-electron chi connectivity index (χ2n) is 6.72. The Morgan fingerprint density at radius 1 is 1.04 bits per heavy atom. The van der Waals surface area contributed by atoms with E-state index in [4.69, 9.17) is 0 Å². The van der Waals surface area contributed by atoms with Crippen molar-refractivity contribution in [2.24, 2.45) is 0 Å². The molecule has 3 rings (SSSR count). The van der Waals surface area contributed by atoms with Crippen molar-refractivity contribution in [2.75, 3.05) is 19.3 Å². The molecule has 1 fully saturated rings. The highest BCUT2D eigenvalue weighted by molar-refractivity contribution is 7.98. The highest BCUT2D eigenvalue weighted by Gasteiger charge is 2.29. The first kappa shape index (κ1) is 19.4. The van der Waals surface area contributed by atoms with Crippen LogP contribution in [0.4, 0.5) is 0 Å². The summed E-state index contributed by atoms with van der Waals surface area (Å²) in [7, 11) is -3.37. The van der Waals surface area contributed by atoms with Gasteiger partial charge in [-0.3, -0.25) is 0 Å². The molecule has 6 heteroatoms. The van der Waals surface area contributed by atoms with E-state index < -0.39 is 10.0 Å². The third-order valence-corrected chi connectivity index (χ3v) is 7.52. The molecule has 1 saturated heterocycles. The van der Waals surface area contributed by atoms with Gasteiger partial charge in [-0.2, -0.15) is 4.31 Å². The monoisotopic (exact) mass is 390 g/mol. The molecule has 0 saturated carbocycles. The number of thioether (sulfide) groups is 1. The van der Waals surface area contributed by atoms with Crippen LogP contribution in [0.15, 0.2) is 58.3 Å². The maximum Gasteiger partial charge on any atom is 0.243 e. The SMILES string of the molecule is CSc1ccc(CNC2CCN(S(=O)(=O)c3ccc(C)cc3)CC2)cc1. The number of benzene rings is 2. The molecule has 4 nitrogen and oxygen atoms in total. The molecule has 1 N–H and O–H groups in total. The second kappa shape index (κ2) is 8.57. The van der Waals surface area contributed by atoms with Gasteiger partial charge in [-0.15, -0.1) is 11.8 Å². The van der Waals surface area contributed by atoms with Crippen LogP contribution in [0.3, 0.4) is 0 Å². The Hall–Kier alpha value is -1.34. The van der Waals surface area contributed by atoms with Gasteiger partial charge in [0.1, 0.15) is 0 Å². The summed E-state index contributed by atoms with van der Waals surface area (Å²) in [5.74, 6) is 0. The Morgan fingerprint density at radius 2 is 1.65 bits per heavy atom. The summed E-state index contributed by atoms with van der Waals surface area (Å²) in [6, 6.07) is 16.0. The second-order valence-corrected chi connectivity index (χ2v) is 9.54. The number of hydrogen-bond acceptors (Lipinski definition) is 4. The van der Waals surface area contributed by atoms with Crippen LogP contribution in [-0.2, 0) is 16.6 Å². The first-order valence-corrected chi connectivity index (χ1v) is 11.6. The molecule has 0 aromatic heterocycles. The van der Waals surface area contributed by atoms with Crippen LogP contribution in [-0.4, -0.2) is 38.1 Å². The Kier molecular flexibility index (Phi) is 6.40. The van der Waals surface area contributed by atoms with Crippen molar-refractivity contribution in [1.82, 2.24) is 9.62 Å². The van der Waals surface area contributed by atoms with Gasteiger partial charge in [-0.1, -0.05) is 29.8 Å². The Labute approximate surface area is 161 Å². The summed E-state index contributed by atoms with van der Waals surface area (Å²) in [4.78, 5) is 1.66. The molecule has 140 valence electrons. The maximum atomic E-state index is 12.7. The first-order chi connectivity index (χ1) is 12.5. The van der Waals surface area contributed by atoms with Crippen LogP contribution in [0, 0.1) is 6.92 Å². The summed E-state index contributed by atoms with van der Waals surface area (Å²) in [6.45, 7) is 3.92. The van der Waals surface area contributed by atoms with Crippen molar-refractivity contribution in [2.45, 2.75) is 42.1 Å². The van der Waals surface area contributed by atoms with Gasteiger partial charge in [0, 0.05) is 30.6 Å². The van der Waals surface area contributed by atoms with Gasteiger partial charge in [0.25, 0.3) is 0 Å². The minimum atomic E-state index is -3.37. The largest absolute Gasteiger partial charge is 0.310 e. The molecule has 1 aliphatic rings.